The summed E-state index contributed by atoms with van der Waals surface area (Å²) in [5, 5.41) is 9.25. The van der Waals surface area contributed by atoms with Gasteiger partial charge < -0.3 is 0 Å². The highest BCUT2D eigenvalue weighted by Crippen LogP contribution is 2.40. The Bertz CT molecular complexity index is 274. The van der Waals surface area contributed by atoms with Crippen LogP contribution in [0.1, 0.15) is 59.3 Å². The molecule has 0 aromatic heterocycles. The number of nitrogens with zero attached hydrogens (tertiary/aromatic N) is 1. The number of carbonyl (C=O) groups is 1. The van der Waals surface area contributed by atoms with Crippen molar-refractivity contribution in [3.05, 3.63) is 0 Å². The highest BCUT2D eigenvalue weighted by molar-refractivity contribution is 5.84. The zero-order valence-corrected chi connectivity index (χ0v) is 10.1. The Kier molecular flexibility index (Phi) is 3.54. The molecule has 0 N–H and O–H groups in total. The van der Waals surface area contributed by atoms with Gasteiger partial charge in [-0.05, 0) is 12.8 Å². The Morgan fingerprint density at radius 3 is 2.20 bits per heavy atom. The van der Waals surface area contributed by atoms with Crippen LogP contribution in [0, 0.1) is 22.2 Å². The first-order chi connectivity index (χ1) is 6.90. The molecule has 1 rings (SSSR count). The Morgan fingerprint density at radius 1 is 1.27 bits per heavy atom. The lowest BCUT2D eigenvalue weighted by atomic mass is 9.69. The van der Waals surface area contributed by atoms with Crippen LogP contribution in [-0.2, 0) is 4.79 Å². The molecule has 0 bridgehead atoms. The zero-order valence-electron chi connectivity index (χ0n) is 10.1. The third-order valence-corrected chi connectivity index (χ3v) is 3.38. The van der Waals surface area contributed by atoms with Crippen LogP contribution in [0.25, 0.3) is 0 Å². The Balaban J connectivity index is 2.69. The second-order valence-corrected chi connectivity index (χ2v) is 5.80. The van der Waals surface area contributed by atoms with Crippen molar-refractivity contribution >= 4 is 5.78 Å². The summed E-state index contributed by atoms with van der Waals surface area (Å²) in [6, 6.07) is 2.40. The molecule has 2 heteroatoms. The van der Waals surface area contributed by atoms with Crippen molar-refractivity contribution in [2.45, 2.75) is 59.3 Å². The molecule has 15 heavy (non-hydrogen) atoms. The van der Waals surface area contributed by atoms with E-state index >= 15 is 0 Å². The van der Waals surface area contributed by atoms with Crippen molar-refractivity contribution in [1.29, 1.82) is 5.26 Å². The van der Waals surface area contributed by atoms with Crippen LogP contribution in [0.4, 0.5) is 0 Å². The second kappa shape index (κ2) is 4.35. The summed E-state index contributed by atoms with van der Waals surface area (Å²) in [6.45, 7) is 5.80. The Hall–Kier alpha value is -0.840. The normalized spacial score (nSPS) is 20.7. The van der Waals surface area contributed by atoms with E-state index in [2.05, 4.69) is 6.07 Å². The van der Waals surface area contributed by atoms with Gasteiger partial charge in [0.15, 0.2) is 0 Å². The van der Waals surface area contributed by atoms with Crippen LogP contribution in [0.15, 0.2) is 0 Å². The highest BCUT2D eigenvalue weighted by Gasteiger charge is 2.37. The summed E-state index contributed by atoms with van der Waals surface area (Å²) in [6.07, 6.45) is 5.69. The van der Waals surface area contributed by atoms with Gasteiger partial charge in [-0.1, -0.05) is 40.0 Å². The summed E-state index contributed by atoms with van der Waals surface area (Å²) >= 11 is 0. The third-order valence-electron chi connectivity index (χ3n) is 3.38. The van der Waals surface area contributed by atoms with E-state index in [1.807, 2.05) is 20.8 Å². The molecule has 2 nitrogen and oxygen atoms in total. The van der Waals surface area contributed by atoms with Crippen molar-refractivity contribution in [1.82, 2.24) is 0 Å². The van der Waals surface area contributed by atoms with E-state index in [4.69, 9.17) is 0 Å². The number of rotatable bonds is 2. The van der Waals surface area contributed by atoms with Gasteiger partial charge >= 0.3 is 0 Å². The smallest absolute Gasteiger partial charge is 0.139 e. The molecule has 84 valence electrons. The van der Waals surface area contributed by atoms with Gasteiger partial charge in [0, 0.05) is 11.8 Å². The molecule has 0 aliphatic heterocycles. The first kappa shape index (κ1) is 12.2. The summed E-state index contributed by atoms with van der Waals surface area (Å²) in [4.78, 5) is 11.9. The molecular formula is C13H21NO. The molecule has 0 unspecified atom stereocenters. The molecule has 1 aliphatic rings. The molecule has 0 radical (unpaired) electrons. The van der Waals surface area contributed by atoms with Gasteiger partial charge in [0.05, 0.1) is 11.5 Å². The second-order valence-electron chi connectivity index (χ2n) is 5.80. The van der Waals surface area contributed by atoms with Crippen LogP contribution in [-0.4, -0.2) is 5.78 Å². The minimum Gasteiger partial charge on any atom is -0.299 e. The van der Waals surface area contributed by atoms with Crippen LogP contribution in [0.3, 0.4) is 0 Å². The number of nitriles is 1. The van der Waals surface area contributed by atoms with Gasteiger partial charge in [-0.15, -0.1) is 0 Å². The lowest BCUT2D eigenvalue weighted by molar-refractivity contribution is -0.128. The number of hydrogen-bond acceptors (Lipinski definition) is 2. The van der Waals surface area contributed by atoms with Crippen molar-refractivity contribution in [3.63, 3.8) is 0 Å². The van der Waals surface area contributed by atoms with E-state index in [0.717, 1.165) is 25.7 Å². The average molecular weight is 207 g/mol. The van der Waals surface area contributed by atoms with Gasteiger partial charge in [-0.3, -0.25) is 4.79 Å². The molecule has 0 aromatic rings. The van der Waals surface area contributed by atoms with Gasteiger partial charge in [0.1, 0.15) is 5.78 Å². The van der Waals surface area contributed by atoms with Gasteiger partial charge in [-0.2, -0.15) is 5.26 Å². The SMILES string of the molecule is CC(C)(C)C(=O)CC1(C#N)CCCCC1. The van der Waals surface area contributed by atoms with Gasteiger partial charge in [0.2, 0.25) is 0 Å². The van der Waals surface area contributed by atoms with Crippen molar-refractivity contribution in [3.8, 4) is 6.07 Å². The van der Waals surface area contributed by atoms with E-state index in [1.54, 1.807) is 0 Å². The fourth-order valence-electron chi connectivity index (χ4n) is 2.13. The van der Waals surface area contributed by atoms with Crippen LogP contribution in [0.5, 0.6) is 0 Å². The van der Waals surface area contributed by atoms with Gasteiger partial charge in [0.25, 0.3) is 0 Å². The number of ketones is 1. The van der Waals surface area contributed by atoms with Crippen LogP contribution in [0.2, 0.25) is 0 Å². The quantitative estimate of drug-likeness (QED) is 0.695. The summed E-state index contributed by atoms with van der Waals surface area (Å²) in [5.41, 5.74) is -0.649. The topological polar surface area (TPSA) is 40.9 Å². The fraction of sp³-hybridized carbons (Fsp3) is 0.846. The molecule has 0 spiro atoms. The maximum Gasteiger partial charge on any atom is 0.139 e. The van der Waals surface area contributed by atoms with E-state index in [0.29, 0.717) is 6.42 Å². The van der Waals surface area contributed by atoms with Gasteiger partial charge in [-0.25, -0.2) is 0 Å². The van der Waals surface area contributed by atoms with E-state index in [1.165, 1.54) is 6.42 Å². The largest absolute Gasteiger partial charge is 0.299 e. The molecular weight excluding hydrogens is 186 g/mol. The standard InChI is InChI=1S/C13H21NO/c1-12(2,3)11(15)9-13(10-14)7-5-4-6-8-13/h4-9H2,1-3H3. The molecule has 0 heterocycles. The number of Topliss-reactive ketones (excluding diaryl/α,β-unsaturated/α-hetero) is 1. The van der Waals surface area contributed by atoms with Crippen molar-refractivity contribution < 1.29 is 4.79 Å². The molecule has 1 fully saturated rings. The molecule has 1 aliphatic carbocycles. The average Bonchev–Trinajstić information content (AvgIpc) is 2.18. The molecule has 0 saturated heterocycles. The molecule has 0 amide bonds. The van der Waals surface area contributed by atoms with Crippen LogP contribution < -0.4 is 0 Å². The van der Waals surface area contributed by atoms with E-state index in [9.17, 15) is 10.1 Å². The first-order valence-electron chi connectivity index (χ1n) is 5.84. The summed E-state index contributed by atoms with van der Waals surface area (Å²) < 4.78 is 0. The summed E-state index contributed by atoms with van der Waals surface area (Å²) in [7, 11) is 0. The van der Waals surface area contributed by atoms with E-state index < -0.39 is 0 Å². The Morgan fingerprint density at radius 2 is 1.80 bits per heavy atom. The van der Waals surface area contributed by atoms with Crippen LogP contribution >= 0.6 is 0 Å². The maximum absolute atomic E-state index is 11.9. The lowest BCUT2D eigenvalue weighted by Crippen LogP contribution is -2.31. The minimum atomic E-state index is -0.345. The monoisotopic (exact) mass is 207 g/mol. The molecule has 0 atom stereocenters. The van der Waals surface area contributed by atoms with E-state index in [-0.39, 0.29) is 16.6 Å². The first-order valence-corrected chi connectivity index (χ1v) is 5.84. The molecule has 0 aromatic carbocycles. The Labute approximate surface area is 92.7 Å². The molecule has 1 saturated carbocycles. The lowest BCUT2D eigenvalue weighted by Gasteiger charge is -2.32. The zero-order chi connectivity index (χ0) is 11.5. The predicted molar refractivity (Wildman–Crippen MR) is 60.2 cm³/mol. The third kappa shape index (κ3) is 3.06. The predicted octanol–water partition coefficient (Wildman–Crippen LogP) is 3.47. The number of carbonyl (C=O) groups excluding carboxylic acids is 1. The number of hydrogen-bond donors (Lipinski definition) is 0. The minimum absolute atomic E-state index is 0.228. The summed E-state index contributed by atoms with van der Waals surface area (Å²) in [5.74, 6) is 0.228. The fourth-order valence-corrected chi connectivity index (χ4v) is 2.13. The van der Waals surface area contributed by atoms with Crippen molar-refractivity contribution in [2.24, 2.45) is 10.8 Å². The van der Waals surface area contributed by atoms with Crippen molar-refractivity contribution in [2.75, 3.05) is 0 Å². The maximum atomic E-state index is 11.9. The highest BCUT2D eigenvalue weighted by atomic mass is 16.1.